The van der Waals surface area contributed by atoms with Gasteiger partial charge in [-0.05, 0) is 12.8 Å². The highest BCUT2D eigenvalue weighted by molar-refractivity contribution is 5.10. The number of rotatable bonds is 7. The van der Waals surface area contributed by atoms with E-state index in [2.05, 4.69) is 15.3 Å². The summed E-state index contributed by atoms with van der Waals surface area (Å²) >= 11 is 0. The van der Waals surface area contributed by atoms with Gasteiger partial charge in [0.15, 0.2) is 5.82 Å². The van der Waals surface area contributed by atoms with Crippen LogP contribution in [0.1, 0.15) is 49.9 Å². The highest BCUT2D eigenvalue weighted by Gasteiger charge is 2.35. The molecule has 1 aromatic rings. The van der Waals surface area contributed by atoms with Gasteiger partial charge >= 0.3 is 0 Å². The molecule has 1 fully saturated rings. The molecule has 0 spiro atoms. The Balaban J connectivity index is 1.99. The summed E-state index contributed by atoms with van der Waals surface area (Å²) in [7, 11) is 3.49. The lowest BCUT2D eigenvalue weighted by molar-refractivity contribution is -0.0352. The third-order valence-electron chi connectivity index (χ3n) is 4.23. The Morgan fingerprint density at radius 3 is 2.33 bits per heavy atom. The number of nitrogens with zero attached hydrogens (tertiary/aromatic N) is 2. The van der Waals surface area contributed by atoms with Crippen molar-refractivity contribution in [1.29, 1.82) is 0 Å². The van der Waals surface area contributed by atoms with Crippen molar-refractivity contribution in [3.63, 3.8) is 0 Å². The van der Waals surface area contributed by atoms with Crippen molar-refractivity contribution in [2.75, 3.05) is 27.4 Å². The van der Waals surface area contributed by atoms with Crippen LogP contribution in [-0.4, -0.2) is 37.3 Å². The number of aromatic nitrogens is 2. The third-order valence-corrected chi connectivity index (χ3v) is 4.23. The van der Waals surface area contributed by atoms with Crippen LogP contribution < -0.4 is 5.32 Å². The molecule has 5 nitrogen and oxygen atoms in total. The van der Waals surface area contributed by atoms with Crippen LogP contribution in [0, 0.1) is 0 Å². The summed E-state index contributed by atoms with van der Waals surface area (Å²) in [4.78, 5) is 9.16. The molecule has 1 heterocycles. The van der Waals surface area contributed by atoms with E-state index < -0.39 is 0 Å². The van der Waals surface area contributed by atoms with Crippen LogP contribution in [0.3, 0.4) is 0 Å². The smallest absolute Gasteiger partial charge is 0.160 e. The lowest BCUT2D eigenvalue weighted by Crippen LogP contribution is -2.30. The molecule has 0 unspecified atom stereocenters. The standard InChI is InChI=1S/C16H27N3O2/c1-20-10-9-17-11-14-12-18-15(19-13-14)16(21-2)7-5-3-4-6-8-16/h12-13,17H,3-11H2,1-2H3. The maximum Gasteiger partial charge on any atom is 0.160 e. The SMILES string of the molecule is COCCNCc1cnc(C2(OC)CCCCCC2)nc1. The fraction of sp³-hybridized carbons (Fsp3) is 0.750. The average Bonchev–Trinajstić information content (AvgIpc) is 2.79. The normalized spacial score (nSPS) is 18.4. The summed E-state index contributed by atoms with van der Waals surface area (Å²) in [5.41, 5.74) is 0.813. The molecular weight excluding hydrogens is 266 g/mol. The Morgan fingerprint density at radius 2 is 1.76 bits per heavy atom. The molecule has 0 atom stereocenters. The molecule has 1 aliphatic rings. The van der Waals surface area contributed by atoms with Crippen LogP contribution in [-0.2, 0) is 21.6 Å². The first-order valence-electron chi connectivity index (χ1n) is 7.87. The van der Waals surface area contributed by atoms with Gasteiger partial charge in [-0.3, -0.25) is 0 Å². The van der Waals surface area contributed by atoms with Crippen LogP contribution in [0.15, 0.2) is 12.4 Å². The van der Waals surface area contributed by atoms with Crippen molar-refractivity contribution in [3.05, 3.63) is 23.8 Å². The minimum absolute atomic E-state index is 0.279. The third kappa shape index (κ3) is 4.46. The maximum atomic E-state index is 5.84. The minimum Gasteiger partial charge on any atom is -0.383 e. The Labute approximate surface area is 127 Å². The maximum absolute atomic E-state index is 5.84. The Morgan fingerprint density at radius 1 is 1.10 bits per heavy atom. The second kappa shape index (κ2) is 8.41. The molecule has 118 valence electrons. The molecule has 0 saturated heterocycles. The van der Waals surface area contributed by atoms with Crippen LogP contribution in [0.4, 0.5) is 0 Å². The molecule has 0 aliphatic heterocycles. The molecule has 21 heavy (non-hydrogen) atoms. The summed E-state index contributed by atoms with van der Waals surface area (Å²) in [5.74, 6) is 0.840. The van der Waals surface area contributed by atoms with Gasteiger partial charge in [-0.25, -0.2) is 9.97 Å². The number of hydrogen-bond acceptors (Lipinski definition) is 5. The summed E-state index contributed by atoms with van der Waals surface area (Å²) in [6, 6.07) is 0. The highest BCUT2D eigenvalue weighted by atomic mass is 16.5. The molecule has 1 aromatic heterocycles. The molecule has 0 aromatic carbocycles. The predicted octanol–water partition coefficient (Wildman–Crippen LogP) is 2.41. The second-order valence-corrected chi connectivity index (χ2v) is 5.70. The minimum atomic E-state index is -0.279. The van der Waals surface area contributed by atoms with Crippen LogP contribution in [0.5, 0.6) is 0 Å². The molecule has 2 rings (SSSR count). The van der Waals surface area contributed by atoms with Gasteiger partial charge in [0.25, 0.3) is 0 Å². The van der Waals surface area contributed by atoms with Crippen LogP contribution in [0.2, 0.25) is 0 Å². The zero-order chi connectivity index (χ0) is 15.0. The second-order valence-electron chi connectivity index (χ2n) is 5.70. The molecule has 0 radical (unpaired) electrons. The van der Waals surface area contributed by atoms with Crippen molar-refractivity contribution in [2.45, 2.75) is 50.7 Å². The quantitative estimate of drug-likeness (QED) is 0.618. The van der Waals surface area contributed by atoms with Gasteiger partial charge in [0.1, 0.15) is 5.60 Å². The zero-order valence-corrected chi connectivity index (χ0v) is 13.2. The lowest BCUT2D eigenvalue weighted by atomic mass is 9.93. The van der Waals surface area contributed by atoms with Gasteiger partial charge in [0.05, 0.1) is 6.61 Å². The summed E-state index contributed by atoms with van der Waals surface area (Å²) in [6.45, 7) is 2.32. The first kappa shape index (κ1) is 16.3. The van der Waals surface area contributed by atoms with Crippen molar-refractivity contribution in [1.82, 2.24) is 15.3 Å². The summed E-state index contributed by atoms with van der Waals surface area (Å²) in [6.07, 6.45) is 10.8. The largest absolute Gasteiger partial charge is 0.383 e. The van der Waals surface area contributed by atoms with Crippen molar-refractivity contribution >= 4 is 0 Å². The van der Waals surface area contributed by atoms with Gasteiger partial charge in [0, 0.05) is 45.3 Å². The van der Waals surface area contributed by atoms with E-state index in [-0.39, 0.29) is 5.60 Å². The number of hydrogen-bond donors (Lipinski definition) is 1. The molecular formula is C16H27N3O2. The monoisotopic (exact) mass is 293 g/mol. The number of ether oxygens (including phenoxy) is 2. The first-order chi connectivity index (χ1) is 10.3. The molecule has 1 N–H and O–H groups in total. The van der Waals surface area contributed by atoms with E-state index >= 15 is 0 Å². The summed E-state index contributed by atoms with van der Waals surface area (Å²) in [5, 5.41) is 3.30. The molecule has 1 aliphatic carbocycles. The van der Waals surface area contributed by atoms with E-state index in [1.807, 2.05) is 12.4 Å². The van der Waals surface area contributed by atoms with Crippen molar-refractivity contribution < 1.29 is 9.47 Å². The van der Waals surface area contributed by atoms with E-state index in [1.165, 1.54) is 25.7 Å². The predicted molar refractivity (Wildman–Crippen MR) is 82.0 cm³/mol. The van der Waals surface area contributed by atoms with Gasteiger partial charge in [0.2, 0.25) is 0 Å². The first-order valence-corrected chi connectivity index (χ1v) is 7.87. The van der Waals surface area contributed by atoms with Gasteiger partial charge in [-0.1, -0.05) is 25.7 Å². The van der Waals surface area contributed by atoms with E-state index in [0.29, 0.717) is 6.61 Å². The van der Waals surface area contributed by atoms with E-state index in [1.54, 1.807) is 14.2 Å². The van der Waals surface area contributed by atoms with E-state index in [4.69, 9.17) is 9.47 Å². The van der Waals surface area contributed by atoms with Crippen LogP contribution >= 0.6 is 0 Å². The zero-order valence-electron chi connectivity index (χ0n) is 13.2. The van der Waals surface area contributed by atoms with Crippen molar-refractivity contribution in [3.8, 4) is 0 Å². The topological polar surface area (TPSA) is 56.3 Å². The average molecular weight is 293 g/mol. The Bertz CT molecular complexity index is 400. The fourth-order valence-corrected chi connectivity index (χ4v) is 2.91. The van der Waals surface area contributed by atoms with Crippen molar-refractivity contribution in [2.24, 2.45) is 0 Å². The van der Waals surface area contributed by atoms with Gasteiger partial charge in [-0.2, -0.15) is 0 Å². The highest BCUT2D eigenvalue weighted by Crippen LogP contribution is 2.36. The van der Waals surface area contributed by atoms with Gasteiger partial charge < -0.3 is 14.8 Å². The summed E-state index contributed by atoms with van der Waals surface area (Å²) < 4.78 is 10.8. The van der Waals surface area contributed by atoms with Crippen LogP contribution in [0.25, 0.3) is 0 Å². The number of methoxy groups -OCH3 is 2. The lowest BCUT2D eigenvalue weighted by Gasteiger charge is -2.29. The molecule has 0 bridgehead atoms. The van der Waals surface area contributed by atoms with E-state index in [0.717, 1.165) is 37.3 Å². The number of nitrogens with one attached hydrogen (secondary N) is 1. The molecule has 1 saturated carbocycles. The van der Waals surface area contributed by atoms with E-state index in [9.17, 15) is 0 Å². The van der Waals surface area contributed by atoms with Gasteiger partial charge in [-0.15, -0.1) is 0 Å². The Kier molecular flexibility index (Phi) is 6.54. The molecule has 5 heteroatoms. The molecule has 0 amide bonds. The fourth-order valence-electron chi connectivity index (χ4n) is 2.91. The Hall–Kier alpha value is -1.04.